The fourth-order valence-corrected chi connectivity index (χ4v) is 3.76. The number of nitrogens with one attached hydrogen (secondary N) is 3. The lowest BCUT2D eigenvalue weighted by molar-refractivity contribution is -0.120. The normalized spacial score (nSPS) is 21.8. The molecule has 4 heterocycles. The van der Waals surface area contributed by atoms with Crippen molar-refractivity contribution in [3.63, 3.8) is 0 Å². The Morgan fingerprint density at radius 1 is 1.30 bits per heavy atom. The zero-order chi connectivity index (χ0) is 20.8. The average Bonchev–Trinajstić information content (AvgIpc) is 2.80. The number of pyridine rings is 2. The number of carbonyl (C=O) groups excluding carboxylic acids is 1. The highest BCUT2D eigenvalue weighted by molar-refractivity contribution is 6.33. The summed E-state index contributed by atoms with van der Waals surface area (Å²) in [6, 6.07) is 7.44. The summed E-state index contributed by atoms with van der Waals surface area (Å²) in [5.74, 6) is 1.11. The smallest absolute Gasteiger partial charge is 0.229 e. The Bertz CT molecular complexity index is 869. The van der Waals surface area contributed by atoms with Crippen LogP contribution in [0, 0.1) is 5.92 Å². The number of amides is 1. The molecule has 2 aromatic rings. The summed E-state index contributed by atoms with van der Waals surface area (Å²) in [5.41, 5.74) is 1.41. The lowest BCUT2D eigenvalue weighted by Gasteiger charge is -2.23. The standard InChI is InChI=1S/C21H26ClN5O3/c22-17-12-25-20(27-21(28)14-3-2-6-23-10-14)9-16(17)18-4-1-5-19(26-18)24-11-15-13-29-7-8-30-15/h1,4-5,9,12,14-15,23H,2-3,6-8,10-11,13H2,(H,24,26)(H,25,27,28)/t14-,15?/m1/s1. The molecular weight excluding hydrogens is 406 g/mol. The molecule has 160 valence electrons. The van der Waals surface area contributed by atoms with Crippen LogP contribution in [0.4, 0.5) is 11.6 Å². The van der Waals surface area contributed by atoms with Crippen molar-refractivity contribution in [3.05, 3.63) is 35.5 Å². The number of piperidine rings is 1. The van der Waals surface area contributed by atoms with Crippen molar-refractivity contribution in [2.24, 2.45) is 5.92 Å². The lowest BCUT2D eigenvalue weighted by Crippen LogP contribution is -2.37. The molecule has 0 aliphatic carbocycles. The van der Waals surface area contributed by atoms with Gasteiger partial charge in [-0.2, -0.15) is 0 Å². The maximum Gasteiger partial charge on any atom is 0.229 e. The second-order valence-electron chi connectivity index (χ2n) is 7.44. The Morgan fingerprint density at radius 3 is 3.03 bits per heavy atom. The second kappa shape index (κ2) is 10.2. The molecule has 0 radical (unpaired) electrons. The monoisotopic (exact) mass is 431 g/mol. The number of halogens is 1. The van der Waals surface area contributed by atoms with E-state index in [0.29, 0.717) is 60.8 Å². The number of hydrogen-bond donors (Lipinski definition) is 3. The SMILES string of the molecule is O=C(Nc1cc(-c2cccc(NCC3COCCO3)n2)c(Cl)cn1)[C@@H]1CCCNC1. The van der Waals surface area contributed by atoms with Gasteiger partial charge in [-0.05, 0) is 37.6 Å². The third-order valence-electron chi connectivity index (χ3n) is 5.20. The number of aromatic nitrogens is 2. The summed E-state index contributed by atoms with van der Waals surface area (Å²) in [5, 5.41) is 9.92. The van der Waals surface area contributed by atoms with Crippen LogP contribution in [0.3, 0.4) is 0 Å². The van der Waals surface area contributed by atoms with Crippen molar-refractivity contribution in [1.82, 2.24) is 15.3 Å². The highest BCUT2D eigenvalue weighted by Crippen LogP contribution is 2.29. The van der Waals surface area contributed by atoms with E-state index in [2.05, 4.69) is 25.9 Å². The van der Waals surface area contributed by atoms with Gasteiger partial charge in [-0.1, -0.05) is 17.7 Å². The summed E-state index contributed by atoms with van der Waals surface area (Å²) in [6.07, 6.45) is 3.43. The van der Waals surface area contributed by atoms with E-state index in [1.807, 2.05) is 18.2 Å². The molecule has 1 unspecified atom stereocenters. The van der Waals surface area contributed by atoms with E-state index in [1.54, 1.807) is 12.3 Å². The van der Waals surface area contributed by atoms with Gasteiger partial charge < -0.3 is 25.4 Å². The summed E-state index contributed by atoms with van der Waals surface area (Å²) >= 11 is 6.38. The Balaban J connectivity index is 1.45. The number of nitrogens with zero attached hydrogens (tertiary/aromatic N) is 2. The van der Waals surface area contributed by atoms with Gasteiger partial charge in [-0.3, -0.25) is 4.79 Å². The van der Waals surface area contributed by atoms with Crippen molar-refractivity contribution >= 4 is 29.1 Å². The van der Waals surface area contributed by atoms with E-state index in [0.717, 1.165) is 19.4 Å². The van der Waals surface area contributed by atoms with E-state index >= 15 is 0 Å². The van der Waals surface area contributed by atoms with Crippen LogP contribution in [-0.2, 0) is 14.3 Å². The lowest BCUT2D eigenvalue weighted by atomic mass is 9.99. The third-order valence-corrected chi connectivity index (χ3v) is 5.50. The van der Waals surface area contributed by atoms with Gasteiger partial charge in [0, 0.05) is 24.8 Å². The van der Waals surface area contributed by atoms with E-state index in [9.17, 15) is 4.79 Å². The zero-order valence-corrected chi connectivity index (χ0v) is 17.5. The zero-order valence-electron chi connectivity index (χ0n) is 16.7. The predicted molar refractivity (Wildman–Crippen MR) is 116 cm³/mol. The van der Waals surface area contributed by atoms with Crippen molar-refractivity contribution < 1.29 is 14.3 Å². The molecule has 3 N–H and O–H groups in total. The predicted octanol–water partition coefficient (Wildman–Crippen LogP) is 2.56. The van der Waals surface area contributed by atoms with Gasteiger partial charge in [0.2, 0.25) is 5.91 Å². The van der Waals surface area contributed by atoms with Gasteiger partial charge >= 0.3 is 0 Å². The highest BCUT2D eigenvalue weighted by Gasteiger charge is 2.21. The van der Waals surface area contributed by atoms with E-state index in [4.69, 9.17) is 21.1 Å². The quantitative estimate of drug-likeness (QED) is 0.646. The fraction of sp³-hybridized carbons (Fsp3) is 0.476. The Labute approximate surface area is 180 Å². The largest absolute Gasteiger partial charge is 0.376 e. The van der Waals surface area contributed by atoms with Crippen molar-refractivity contribution in [3.8, 4) is 11.3 Å². The minimum absolute atomic E-state index is 0.00446. The van der Waals surface area contributed by atoms with Gasteiger partial charge in [0.15, 0.2) is 0 Å². The third kappa shape index (κ3) is 5.46. The maximum absolute atomic E-state index is 12.5. The first-order chi connectivity index (χ1) is 14.7. The molecule has 2 fully saturated rings. The van der Waals surface area contributed by atoms with Gasteiger partial charge in [-0.15, -0.1) is 0 Å². The van der Waals surface area contributed by atoms with Crippen LogP contribution >= 0.6 is 11.6 Å². The molecule has 0 bridgehead atoms. The van der Waals surface area contributed by atoms with Crippen LogP contribution in [0.5, 0.6) is 0 Å². The minimum atomic E-state index is -0.0451. The fourth-order valence-electron chi connectivity index (χ4n) is 3.56. The summed E-state index contributed by atoms with van der Waals surface area (Å²) in [4.78, 5) is 21.4. The van der Waals surface area contributed by atoms with Crippen LogP contribution in [0.2, 0.25) is 5.02 Å². The molecule has 2 aliphatic rings. The van der Waals surface area contributed by atoms with Crippen molar-refractivity contribution in [1.29, 1.82) is 0 Å². The van der Waals surface area contributed by atoms with Crippen molar-refractivity contribution in [2.75, 3.05) is 50.1 Å². The molecule has 0 spiro atoms. The van der Waals surface area contributed by atoms with Crippen LogP contribution in [0.1, 0.15) is 12.8 Å². The van der Waals surface area contributed by atoms with Gasteiger partial charge in [-0.25, -0.2) is 9.97 Å². The molecule has 4 rings (SSSR count). The summed E-state index contributed by atoms with van der Waals surface area (Å²) < 4.78 is 11.1. The molecule has 1 amide bonds. The molecule has 2 aromatic heterocycles. The number of carbonyl (C=O) groups is 1. The number of hydrogen-bond acceptors (Lipinski definition) is 7. The Hall–Kier alpha value is -2.26. The highest BCUT2D eigenvalue weighted by atomic mass is 35.5. The number of ether oxygens (including phenoxy) is 2. The molecule has 2 aliphatic heterocycles. The van der Waals surface area contributed by atoms with Crippen LogP contribution in [-0.4, -0.2) is 61.4 Å². The summed E-state index contributed by atoms with van der Waals surface area (Å²) in [6.45, 7) is 4.08. The average molecular weight is 432 g/mol. The molecule has 2 saturated heterocycles. The summed E-state index contributed by atoms with van der Waals surface area (Å²) in [7, 11) is 0. The second-order valence-corrected chi connectivity index (χ2v) is 7.85. The molecule has 9 heteroatoms. The first-order valence-corrected chi connectivity index (χ1v) is 10.6. The van der Waals surface area contributed by atoms with E-state index < -0.39 is 0 Å². The molecular formula is C21H26ClN5O3. The molecule has 0 aromatic carbocycles. The Kier molecular flexibility index (Phi) is 7.11. The van der Waals surface area contributed by atoms with E-state index in [1.165, 1.54) is 0 Å². The van der Waals surface area contributed by atoms with Crippen molar-refractivity contribution in [2.45, 2.75) is 18.9 Å². The van der Waals surface area contributed by atoms with E-state index in [-0.39, 0.29) is 17.9 Å². The number of anilines is 2. The van der Waals surface area contributed by atoms with Crippen LogP contribution in [0.25, 0.3) is 11.3 Å². The first kappa shape index (κ1) is 21.0. The maximum atomic E-state index is 12.5. The Morgan fingerprint density at radius 2 is 2.23 bits per heavy atom. The van der Waals surface area contributed by atoms with Crippen LogP contribution < -0.4 is 16.0 Å². The molecule has 0 saturated carbocycles. The van der Waals surface area contributed by atoms with Gasteiger partial charge in [0.05, 0.1) is 42.6 Å². The van der Waals surface area contributed by atoms with Crippen LogP contribution in [0.15, 0.2) is 30.5 Å². The minimum Gasteiger partial charge on any atom is -0.376 e. The first-order valence-electron chi connectivity index (χ1n) is 10.3. The van der Waals surface area contributed by atoms with Gasteiger partial charge in [0.1, 0.15) is 11.6 Å². The molecule has 8 nitrogen and oxygen atoms in total. The molecule has 2 atom stereocenters. The number of rotatable bonds is 6. The van der Waals surface area contributed by atoms with Gasteiger partial charge in [0.25, 0.3) is 0 Å². The topological polar surface area (TPSA) is 97.4 Å². The molecule has 30 heavy (non-hydrogen) atoms.